The molecular weight excluding hydrogens is 341 g/mol. The van der Waals surface area contributed by atoms with E-state index in [1.54, 1.807) is 18.3 Å². The van der Waals surface area contributed by atoms with Crippen molar-refractivity contribution in [1.82, 2.24) is 14.9 Å². The number of nitrogens with one attached hydrogen (secondary N) is 1. The van der Waals surface area contributed by atoms with E-state index < -0.39 is 6.04 Å². The molecule has 2 aromatic carbocycles. The van der Waals surface area contributed by atoms with Gasteiger partial charge in [-0.2, -0.15) is 0 Å². The first-order valence-electron chi connectivity index (χ1n) is 9.02. The molecule has 0 bridgehead atoms. The molecule has 0 aliphatic heterocycles. The molecule has 4 nitrogen and oxygen atoms in total. The largest absolute Gasteiger partial charge is 0.342 e. The summed E-state index contributed by atoms with van der Waals surface area (Å²) in [4.78, 5) is 17.0. The minimum absolute atomic E-state index is 0.0627. The average Bonchev–Trinajstić information content (AvgIpc) is 3.05. The first kappa shape index (κ1) is 18.8. The number of amides is 1. The van der Waals surface area contributed by atoms with E-state index in [-0.39, 0.29) is 11.7 Å². The van der Waals surface area contributed by atoms with Gasteiger partial charge in [-0.3, -0.25) is 4.79 Å². The number of imidazole rings is 1. The number of hydrogen-bond donors (Lipinski definition) is 1. The molecule has 3 rings (SSSR count). The Kier molecular flexibility index (Phi) is 5.69. The number of rotatable bonds is 6. The Balaban J connectivity index is 1.74. The molecule has 1 atom stereocenters. The van der Waals surface area contributed by atoms with Crippen LogP contribution in [0.25, 0.3) is 0 Å². The Morgan fingerprint density at radius 1 is 1.19 bits per heavy atom. The van der Waals surface area contributed by atoms with Crippen LogP contribution in [0.1, 0.15) is 40.5 Å². The van der Waals surface area contributed by atoms with Crippen LogP contribution in [0.15, 0.2) is 54.9 Å². The van der Waals surface area contributed by atoms with Crippen LogP contribution in [0.3, 0.4) is 0 Å². The first-order chi connectivity index (χ1) is 12.9. The van der Waals surface area contributed by atoms with E-state index in [4.69, 9.17) is 0 Å². The van der Waals surface area contributed by atoms with Crippen LogP contribution in [-0.4, -0.2) is 15.5 Å². The fraction of sp³-hybridized carbons (Fsp3) is 0.273. The second kappa shape index (κ2) is 8.16. The van der Waals surface area contributed by atoms with Crippen LogP contribution >= 0.6 is 0 Å². The third-order valence-electron chi connectivity index (χ3n) is 4.74. The Bertz CT molecular complexity index is 931. The molecule has 1 aromatic heterocycles. The highest BCUT2D eigenvalue weighted by Gasteiger charge is 2.20. The lowest BCUT2D eigenvalue weighted by molar-refractivity contribution is -0.121. The van der Waals surface area contributed by atoms with E-state index in [0.29, 0.717) is 18.7 Å². The predicted molar refractivity (Wildman–Crippen MR) is 104 cm³/mol. The Labute approximate surface area is 159 Å². The summed E-state index contributed by atoms with van der Waals surface area (Å²) >= 11 is 0. The van der Waals surface area contributed by atoms with Gasteiger partial charge >= 0.3 is 0 Å². The van der Waals surface area contributed by atoms with Gasteiger partial charge < -0.3 is 9.88 Å². The molecule has 0 unspecified atom stereocenters. The maximum atomic E-state index is 13.3. The maximum Gasteiger partial charge on any atom is 0.221 e. The van der Waals surface area contributed by atoms with Gasteiger partial charge in [0, 0.05) is 25.9 Å². The second-order valence-corrected chi connectivity index (χ2v) is 6.88. The standard InChI is InChI=1S/C22H24FN3O/c1-15-4-5-17(16(2)14-15)8-11-20(27)25-21(22-24-12-13-26(22)3)18-6-9-19(23)10-7-18/h4-7,9-10,12-14,21H,8,11H2,1-3H3,(H,25,27)/t21-/m1/s1. The fourth-order valence-corrected chi connectivity index (χ4v) is 3.22. The Hall–Kier alpha value is -2.95. The minimum atomic E-state index is -0.419. The van der Waals surface area contributed by atoms with Crippen molar-refractivity contribution in [3.05, 3.63) is 88.8 Å². The summed E-state index contributed by atoms with van der Waals surface area (Å²) in [6.07, 6.45) is 4.57. The van der Waals surface area contributed by atoms with Crippen LogP contribution in [-0.2, 0) is 18.3 Å². The molecule has 0 fully saturated rings. The summed E-state index contributed by atoms with van der Waals surface area (Å²) in [6, 6.07) is 12.0. The zero-order chi connectivity index (χ0) is 19.4. The first-order valence-corrected chi connectivity index (χ1v) is 9.02. The molecule has 5 heteroatoms. The Morgan fingerprint density at radius 2 is 1.93 bits per heavy atom. The third kappa shape index (κ3) is 4.61. The molecule has 1 N–H and O–H groups in total. The topological polar surface area (TPSA) is 46.9 Å². The van der Waals surface area contributed by atoms with Gasteiger partial charge in [-0.05, 0) is 49.1 Å². The third-order valence-corrected chi connectivity index (χ3v) is 4.74. The van der Waals surface area contributed by atoms with Gasteiger partial charge in [0.1, 0.15) is 17.7 Å². The van der Waals surface area contributed by atoms with Crippen molar-refractivity contribution in [3.63, 3.8) is 0 Å². The number of carbonyl (C=O) groups is 1. The summed E-state index contributed by atoms with van der Waals surface area (Å²) in [5, 5.41) is 3.05. The van der Waals surface area contributed by atoms with Crippen LogP contribution in [0, 0.1) is 19.7 Å². The fourth-order valence-electron chi connectivity index (χ4n) is 3.22. The molecule has 0 saturated heterocycles. The van der Waals surface area contributed by atoms with Crippen LogP contribution in [0.4, 0.5) is 4.39 Å². The van der Waals surface area contributed by atoms with Gasteiger partial charge in [0.05, 0.1) is 0 Å². The predicted octanol–water partition coefficient (Wildman–Crippen LogP) is 4.01. The quantitative estimate of drug-likeness (QED) is 0.717. The van der Waals surface area contributed by atoms with Gasteiger partial charge in [0.25, 0.3) is 0 Å². The molecule has 0 aliphatic rings. The molecular formula is C22H24FN3O. The normalized spacial score (nSPS) is 12.0. The van der Waals surface area contributed by atoms with Gasteiger partial charge in [-0.25, -0.2) is 9.37 Å². The zero-order valence-electron chi connectivity index (χ0n) is 15.9. The van der Waals surface area contributed by atoms with Crippen LogP contribution in [0.5, 0.6) is 0 Å². The summed E-state index contributed by atoms with van der Waals surface area (Å²) in [5.74, 6) is 0.340. The number of hydrogen-bond acceptors (Lipinski definition) is 2. The number of aryl methyl sites for hydroxylation is 4. The zero-order valence-corrected chi connectivity index (χ0v) is 15.9. The molecule has 3 aromatic rings. The number of aromatic nitrogens is 2. The molecule has 0 spiro atoms. The van der Waals surface area contributed by atoms with E-state index in [1.165, 1.54) is 28.8 Å². The second-order valence-electron chi connectivity index (χ2n) is 6.88. The summed E-state index contributed by atoms with van der Waals surface area (Å²) in [7, 11) is 1.88. The van der Waals surface area contributed by atoms with Crippen molar-refractivity contribution < 1.29 is 9.18 Å². The molecule has 0 radical (unpaired) electrons. The average molecular weight is 365 g/mol. The highest BCUT2D eigenvalue weighted by atomic mass is 19.1. The van der Waals surface area contributed by atoms with E-state index in [2.05, 4.69) is 42.3 Å². The van der Waals surface area contributed by atoms with E-state index in [1.807, 2.05) is 17.8 Å². The minimum Gasteiger partial charge on any atom is -0.342 e. The summed E-state index contributed by atoms with van der Waals surface area (Å²) in [6.45, 7) is 4.12. The van der Waals surface area contributed by atoms with Crippen molar-refractivity contribution >= 4 is 5.91 Å². The summed E-state index contributed by atoms with van der Waals surface area (Å²) in [5.41, 5.74) is 4.38. The lowest BCUT2D eigenvalue weighted by Crippen LogP contribution is -2.31. The van der Waals surface area contributed by atoms with Gasteiger partial charge in [0.2, 0.25) is 5.91 Å². The highest BCUT2D eigenvalue weighted by Crippen LogP contribution is 2.21. The molecule has 0 aliphatic carbocycles. The van der Waals surface area contributed by atoms with Crippen molar-refractivity contribution in [2.75, 3.05) is 0 Å². The van der Waals surface area contributed by atoms with Crippen molar-refractivity contribution in [1.29, 1.82) is 0 Å². The summed E-state index contributed by atoms with van der Waals surface area (Å²) < 4.78 is 15.2. The molecule has 27 heavy (non-hydrogen) atoms. The monoisotopic (exact) mass is 365 g/mol. The highest BCUT2D eigenvalue weighted by molar-refractivity contribution is 5.77. The van der Waals surface area contributed by atoms with Gasteiger partial charge in [-0.1, -0.05) is 35.9 Å². The molecule has 1 heterocycles. The SMILES string of the molecule is Cc1ccc(CCC(=O)N[C@H](c2ccc(F)cc2)c2nccn2C)c(C)c1. The van der Waals surface area contributed by atoms with Gasteiger partial charge in [-0.15, -0.1) is 0 Å². The van der Waals surface area contributed by atoms with Crippen LogP contribution < -0.4 is 5.32 Å². The lowest BCUT2D eigenvalue weighted by Gasteiger charge is -2.19. The van der Waals surface area contributed by atoms with E-state index >= 15 is 0 Å². The van der Waals surface area contributed by atoms with Gasteiger partial charge in [0.15, 0.2) is 0 Å². The van der Waals surface area contributed by atoms with Crippen molar-refractivity contribution in [2.45, 2.75) is 32.7 Å². The number of carbonyl (C=O) groups excluding carboxylic acids is 1. The number of benzene rings is 2. The van der Waals surface area contributed by atoms with Crippen molar-refractivity contribution in [2.24, 2.45) is 7.05 Å². The molecule has 0 saturated carbocycles. The Morgan fingerprint density at radius 3 is 2.56 bits per heavy atom. The van der Waals surface area contributed by atoms with E-state index in [9.17, 15) is 9.18 Å². The molecule has 1 amide bonds. The smallest absolute Gasteiger partial charge is 0.221 e. The number of halogens is 1. The van der Waals surface area contributed by atoms with E-state index in [0.717, 1.165) is 5.56 Å². The number of nitrogens with zero attached hydrogens (tertiary/aromatic N) is 2. The van der Waals surface area contributed by atoms with Crippen molar-refractivity contribution in [3.8, 4) is 0 Å². The van der Waals surface area contributed by atoms with Crippen LogP contribution in [0.2, 0.25) is 0 Å². The lowest BCUT2D eigenvalue weighted by atomic mass is 10.0. The molecule has 140 valence electrons. The maximum absolute atomic E-state index is 13.3.